The first-order valence-electron chi connectivity index (χ1n) is 0.917. The molecule has 0 rings (SSSR count). The first-order chi connectivity index (χ1) is 2.27. The summed E-state index contributed by atoms with van der Waals surface area (Å²) < 4.78 is 11.3. The molecule has 5 heteroatoms. The van der Waals surface area contributed by atoms with Gasteiger partial charge in [-0.3, -0.25) is 22.6 Å². The van der Waals surface area contributed by atoms with Crippen molar-refractivity contribution in [3.05, 3.63) is 3.92 Å². The Bertz CT molecular complexity index is 27.5. The molecule has 0 N–H and O–H groups in total. The van der Waals surface area contributed by atoms with Crippen molar-refractivity contribution in [1.29, 1.82) is 0 Å². The number of hydrogen-bond acceptors (Lipinski definition) is 0. The molecule has 0 aromatic carbocycles. The molecular formula is CH3FIP2Y-. The van der Waals surface area contributed by atoms with Gasteiger partial charge in [0.25, 0.3) is 0 Å². The molecular weight excluding hydrogens is 309 g/mol. The van der Waals surface area contributed by atoms with Crippen molar-refractivity contribution in [2.24, 2.45) is 0 Å². The van der Waals surface area contributed by atoms with E-state index >= 15 is 0 Å². The van der Waals surface area contributed by atoms with E-state index in [0.29, 0.717) is 0 Å². The van der Waals surface area contributed by atoms with Gasteiger partial charge in [-0.1, -0.05) is 3.92 Å². The average Bonchev–Trinajstić information content (AvgIpc) is 1.38. The molecule has 0 bridgehead atoms. The summed E-state index contributed by atoms with van der Waals surface area (Å²) in [4.78, 5) is 0. The van der Waals surface area contributed by atoms with Crippen LogP contribution in [0.5, 0.6) is 0 Å². The molecule has 0 nitrogen and oxygen atoms in total. The third-order valence-electron chi connectivity index (χ3n) is 0.109. The topological polar surface area (TPSA) is 0 Å². The normalized spacial score (nSPS) is 10.0. The Labute approximate surface area is 79.7 Å². The fourth-order valence-electron chi connectivity index (χ4n) is 0. The second kappa shape index (κ2) is 7.62. The van der Waals surface area contributed by atoms with E-state index in [1.165, 1.54) is 0 Å². The van der Waals surface area contributed by atoms with Gasteiger partial charge in [-0.15, -0.1) is 8.93 Å². The number of hydrogen-bond donors (Lipinski definition) is 0. The van der Waals surface area contributed by atoms with Gasteiger partial charge in [0.1, 0.15) is 0 Å². The van der Waals surface area contributed by atoms with Gasteiger partial charge in [-0.2, -0.15) is 0 Å². The van der Waals surface area contributed by atoms with Gasteiger partial charge in [0, 0.05) is 32.7 Å². The first-order valence-corrected chi connectivity index (χ1v) is 4.80. The molecule has 0 aliphatic heterocycles. The van der Waals surface area contributed by atoms with E-state index in [9.17, 15) is 4.39 Å². The molecule has 0 fully saturated rings. The summed E-state index contributed by atoms with van der Waals surface area (Å²) in [5.41, 5.74) is 0. The van der Waals surface area contributed by atoms with Crippen LogP contribution in [0.2, 0.25) is 0 Å². The Morgan fingerprint density at radius 1 is 1.83 bits per heavy atom. The molecule has 1 radical (unpaired) electrons. The molecule has 0 heterocycles. The Morgan fingerprint density at radius 2 is 2.00 bits per heavy atom. The minimum atomic E-state index is -0.0346. The van der Waals surface area contributed by atoms with Crippen molar-refractivity contribution in [1.82, 2.24) is 0 Å². The predicted molar refractivity (Wildman–Crippen MR) is 36.4 cm³/mol. The van der Waals surface area contributed by atoms with Crippen LogP contribution in [0.3, 0.4) is 0 Å². The molecule has 35 valence electrons. The zero-order valence-corrected chi connectivity index (χ0v) is 10.1. The third-order valence-corrected chi connectivity index (χ3v) is 3.78. The summed E-state index contributed by atoms with van der Waals surface area (Å²) in [6, 6.07) is 0. The number of rotatable bonds is 1. The second-order valence-electron chi connectivity index (χ2n) is 0.405. The quantitative estimate of drug-likeness (QED) is 0.396. The molecule has 0 aliphatic carbocycles. The van der Waals surface area contributed by atoms with E-state index in [1.807, 2.05) is 0 Å². The van der Waals surface area contributed by atoms with E-state index < -0.39 is 0 Å². The van der Waals surface area contributed by atoms with Gasteiger partial charge in [-0.25, -0.2) is 8.27 Å². The molecule has 0 saturated heterocycles. The van der Waals surface area contributed by atoms with Crippen LogP contribution in [-0.4, -0.2) is 0 Å². The SMILES string of the molecule is F[C-](I)PP.[Y]. The largest absolute Gasteiger partial charge is 0.440 e. The third kappa shape index (κ3) is 9.80. The zero-order valence-electron chi connectivity index (χ0n) is 2.91. The minimum absolute atomic E-state index is 0. The zero-order chi connectivity index (χ0) is 4.28. The van der Waals surface area contributed by atoms with Crippen molar-refractivity contribution in [2.45, 2.75) is 0 Å². The Morgan fingerprint density at radius 3 is 2.00 bits per heavy atom. The van der Waals surface area contributed by atoms with E-state index in [4.69, 9.17) is 0 Å². The molecule has 2 unspecified atom stereocenters. The van der Waals surface area contributed by atoms with Crippen molar-refractivity contribution >= 4 is 39.8 Å². The minimum Gasteiger partial charge on any atom is -0.440 e. The fraction of sp³-hybridized carbons (Fsp3) is 0. The molecule has 0 amide bonds. The smallest absolute Gasteiger partial charge is 0 e. The maximum atomic E-state index is 11.3. The van der Waals surface area contributed by atoms with Gasteiger partial charge in [-0.05, 0) is 0 Å². The summed E-state index contributed by atoms with van der Waals surface area (Å²) in [5, 5.41) is 0. The second-order valence-corrected chi connectivity index (χ2v) is 3.96. The average molecular weight is 312 g/mol. The van der Waals surface area contributed by atoms with Crippen LogP contribution in [0, 0.1) is 3.92 Å². The van der Waals surface area contributed by atoms with E-state index in [1.54, 1.807) is 22.6 Å². The van der Waals surface area contributed by atoms with E-state index in [2.05, 4.69) is 8.93 Å². The summed E-state index contributed by atoms with van der Waals surface area (Å²) in [6.45, 7) is 0. The van der Waals surface area contributed by atoms with Crippen LogP contribution in [0.25, 0.3) is 0 Å². The molecule has 0 aromatic heterocycles. The molecule has 6 heavy (non-hydrogen) atoms. The van der Waals surface area contributed by atoms with Gasteiger partial charge in [0.05, 0.1) is 0 Å². The van der Waals surface area contributed by atoms with Crippen LogP contribution in [0.15, 0.2) is 0 Å². The van der Waals surface area contributed by atoms with Crippen LogP contribution in [0.1, 0.15) is 0 Å². The fourth-order valence-corrected chi connectivity index (χ4v) is 0. The summed E-state index contributed by atoms with van der Waals surface area (Å²) in [5.74, 6) is 0. The van der Waals surface area contributed by atoms with Crippen molar-refractivity contribution in [2.75, 3.05) is 0 Å². The molecule has 0 saturated carbocycles. The van der Waals surface area contributed by atoms with Gasteiger partial charge in [0.2, 0.25) is 0 Å². The molecule has 0 aromatic rings. The van der Waals surface area contributed by atoms with Gasteiger partial charge < -0.3 is 4.39 Å². The van der Waals surface area contributed by atoms with Crippen LogP contribution in [-0.2, 0) is 32.7 Å². The maximum absolute atomic E-state index is 11.3. The van der Waals surface area contributed by atoms with E-state index in [-0.39, 0.29) is 44.9 Å². The van der Waals surface area contributed by atoms with Gasteiger partial charge >= 0.3 is 0 Å². The molecule has 2 atom stereocenters. The standard InChI is InChI=1S/CH3FIP2.Y/c2-1(3)5-4;/h5H,4H2;/q-1;. The van der Waals surface area contributed by atoms with Crippen LogP contribution in [0.4, 0.5) is 4.39 Å². The maximum Gasteiger partial charge on any atom is 0 e. The van der Waals surface area contributed by atoms with Crippen LogP contribution >= 0.6 is 39.8 Å². The monoisotopic (exact) mass is 312 g/mol. The van der Waals surface area contributed by atoms with Crippen molar-refractivity contribution in [3.63, 3.8) is 0 Å². The molecule has 0 aliphatic rings. The summed E-state index contributed by atoms with van der Waals surface area (Å²) in [6.07, 6.45) is 0. The Kier molecular flexibility index (Phi) is 14.5. The van der Waals surface area contributed by atoms with E-state index in [0.717, 1.165) is 0 Å². The van der Waals surface area contributed by atoms with Gasteiger partial charge in [0.15, 0.2) is 0 Å². The first kappa shape index (κ1) is 11.4. The summed E-state index contributed by atoms with van der Waals surface area (Å²) in [7, 11) is 2.57. The number of halogens is 2. The molecule has 0 spiro atoms. The Balaban J connectivity index is 0. The predicted octanol–water partition coefficient (Wildman–Crippen LogP) is 2.30. The van der Waals surface area contributed by atoms with Crippen molar-refractivity contribution < 1.29 is 37.1 Å². The van der Waals surface area contributed by atoms with Crippen molar-refractivity contribution in [3.8, 4) is 0 Å². The Hall–Kier alpha value is 2.62. The van der Waals surface area contributed by atoms with Crippen LogP contribution < -0.4 is 0 Å². The summed E-state index contributed by atoms with van der Waals surface area (Å²) >= 11 is 1.65.